The quantitative estimate of drug-likeness (QED) is 0.581. The first kappa shape index (κ1) is 9.96. The SMILES string of the molecule is O=Nc1ccc(Cl)c(CBr)c1Cl. The zero-order valence-electron chi connectivity index (χ0n) is 5.85. The van der Waals surface area contributed by atoms with Gasteiger partial charge in [-0.05, 0) is 17.3 Å². The van der Waals surface area contributed by atoms with Crippen LogP contribution in [0.2, 0.25) is 10.0 Å². The molecule has 1 aromatic carbocycles. The van der Waals surface area contributed by atoms with Gasteiger partial charge in [-0.25, -0.2) is 0 Å². The Morgan fingerprint density at radius 3 is 2.58 bits per heavy atom. The third kappa shape index (κ3) is 1.79. The first-order valence-corrected chi connectivity index (χ1v) is 4.94. The number of rotatable bonds is 2. The molecule has 0 aliphatic heterocycles. The van der Waals surface area contributed by atoms with Crippen LogP contribution in [0.5, 0.6) is 0 Å². The summed E-state index contributed by atoms with van der Waals surface area (Å²) in [6, 6.07) is 3.09. The van der Waals surface area contributed by atoms with Crippen LogP contribution >= 0.6 is 39.1 Å². The minimum atomic E-state index is 0.218. The van der Waals surface area contributed by atoms with Gasteiger partial charge in [0, 0.05) is 15.9 Å². The molecule has 0 fully saturated rings. The van der Waals surface area contributed by atoms with Crippen molar-refractivity contribution in [2.75, 3.05) is 0 Å². The maximum Gasteiger partial charge on any atom is 0.126 e. The number of alkyl halides is 1. The highest BCUT2D eigenvalue weighted by molar-refractivity contribution is 9.08. The third-order valence-electron chi connectivity index (χ3n) is 1.40. The molecule has 0 aliphatic carbocycles. The number of nitrogens with zero attached hydrogens (tertiary/aromatic N) is 1. The smallest absolute Gasteiger partial charge is 0.126 e. The summed E-state index contributed by atoms with van der Waals surface area (Å²) in [5.74, 6) is 0. The van der Waals surface area contributed by atoms with E-state index in [1.54, 1.807) is 6.07 Å². The topological polar surface area (TPSA) is 29.4 Å². The Bertz CT molecular complexity index is 317. The van der Waals surface area contributed by atoms with Crippen LogP contribution in [0.25, 0.3) is 0 Å². The van der Waals surface area contributed by atoms with Gasteiger partial charge < -0.3 is 0 Å². The summed E-state index contributed by atoms with van der Waals surface area (Å²) >= 11 is 14.8. The number of nitroso groups, excluding NO2 is 1. The molecule has 0 heterocycles. The molecule has 0 spiro atoms. The average molecular weight is 269 g/mol. The molecule has 0 unspecified atom stereocenters. The summed E-state index contributed by atoms with van der Waals surface area (Å²) in [6.07, 6.45) is 0. The average Bonchev–Trinajstić information content (AvgIpc) is 2.06. The Hall–Kier alpha value is -0.120. The molecule has 1 rings (SSSR count). The molecule has 0 bridgehead atoms. The van der Waals surface area contributed by atoms with Crippen LogP contribution in [-0.2, 0) is 5.33 Å². The van der Waals surface area contributed by atoms with Gasteiger partial charge in [0.25, 0.3) is 0 Å². The van der Waals surface area contributed by atoms with Gasteiger partial charge in [0.05, 0.1) is 5.02 Å². The number of hydrogen-bond donors (Lipinski definition) is 0. The van der Waals surface area contributed by atoms with E-state index in [4.69, 9.17) is 23.2 Å². The summed E-state index contributed by atoms with van der Waals surface area (Å²) < 4.78 is 0. The van der Waals surface area contributed by atoms with Gasteiger partial charge in [-0.15, -0.1) is 4.91 Å². The van der Waals surface area contributed by atoms with Crippen molar-refractivity contribution >= 4 is 44.8 Å². The second kappa shape index (κ2) is 4.21. The molecule has 0 saturated carbocycles. The van der Waals surface area contributed by atoms with Crippen molar-refractivity contribution in [1.29, 1.82) is 0 Å². The Morgan fingerprint density at radius 2 is 2.08 bits per heavy atom. The zero-order chi connectivity index (χ0) is 9.14. The van der Waals surface area contributed by atoms with Crippen LogP contribution in [-0.4, -0.2) is 0 Å². The molecule has 0 N–H and O–H groups in total. The lowest BCUT2D eigenvalue weighted by Gasteiger charge is -2.03. The third-order valence-corrected chi connectivity index (χ3v) is 2.73. The van der Waals surface area contributed by atoms with Crippen LogP contribution in [0.15, 0.2) is 17.3 Å². The molecule has 0 amide bonds. The first-order chi connectivity index (χ1) is 5.70. The van der Waals surface area contributed by atoms with Gasteiger partial charge in [-0.3, -0.25) is 0 Å². The van der Waals surface area contributed by atoms with Crippen molar-refractivity contribution in [1.82, 2.24) is 0 Å². The van der Waals surface area contributed by atoms with E-state index < -0.39 is 0 Å². The van der Waals surface area contributed by atoms with Gasteiger partial charge in [0.15, 0.2) is 0 Å². The lowest BCUT2D eigenvalue weighted by atomic mass is 10.2. The predicted molar refractivity (Wildman–Crippen MR) is 54.5 cm³/mol. The maximum absolute atomic E-state index is 10.2. The Morgan fingerprint density at radius 1 is 1.42 bits per heavy atom. The monoisotopic (exact) mass is 267 g/mol. The minimum Gasteiger partial charge on any atom is -0.145 e. The van der Waals surface area contributed by atoms with Crippen LogP contribution < -0.4 is 0 Å². The molecule has 64 valence electrons. The molecule has 1 aromatic rings. The van der Waals surface area contributed by atoms with Crippen LogP contribution in [0.1, 0.15) is 5.56 Å². The van der Waals surface area contributed by atoms with Crippen LogP contribution in [0.3, 0.4) is 0 Å². The number of benzene rings is 1. The van der Waals surface area contributed by atoms with E-state index in [0.29, 0.717) is 20.9 Å². The molecule has 0 aliphatic rings. The second-order valence-electron chi connectivity index (χ2n) is 2.08. The van der Waals surface area contributed by atoms with Crippen molar-refractivity contribution in [3.63, 3.8) is 0 Å². The van der Waals surface area contributed by atoms with E-state index >= 15 is 0 Å². The van der Waals surface area contributed by atoms with Gasteiger partial charge >= 0.3 is 0 Å². The van der Waals surface area contributed by atoms with Crippen LogP contribution in [0.4, 0.5) is 5.69 Å². The molecular weight excluding hydrogens is 265 g/mol. The van der Waals surface area contributed by atoms with E-state index in [0.717, 1.165) is 0 Å². The summed E-state index contributed by atoms with van der Waals surface area (Å²) in [6.45, 7) is 0. The Balaban J connectivity index is 3.33. The van der Waals surface area contributed by atoms with Gasteiger partial charge in [0.1, 0.15) is 5.69 Å². The molecule has 0 radical (unpaired) electrons. The van der Waals surface area contributed by atoms with E-state index in [1.807, 2.05) is 0 Å². The fourth-order valence-corrected chi connectivity index (χ4v) is 2.22. The fourth-order valence-electron chi connectivity index (χ4n) is 0.778. The lowest BCUT2D eigenvalue weighted by Crippen LogP contribution is -1.81. The highest BCUT2D eigenvalue weighted by Crippen LogP contribution is 2.34. The van der Waals surface area contributed by atoms with Crippen molar-refractivity contribution in [2.45, 2.75) is 5.33 Å². The largest absolute Gasteiger partial charge is 0.145 e. The molecule has 0 atom stereocenters. The number of halogens is 3. The summed E-state index contributed by atoms with van der Waals surface area (Å²) in [5.41, 5.74) is 0.908. The summed E-state index contributed by atoms with van der Waals surface area (Å²) in [5, 5.41) is 4.11. The van der Waals surface area contributed by atoms with Crippen molar-refractivity contribution < 1.29 is 0 Å². The lowest BCUT2D eigenvalue weighted by molar-refractivity contribution is 1.39. The zero-order valence-corrected chi connectivity index (χ0v) is 8.95. The Labute approximate surface area is 88.0 Å². The van der Waals surface area contributed by atoms with E-state index in [-0.39, 0.29) is 5.69 Å². The molecule has 2 nitrogen and oxygen atoms in total. The Kier molecular flexibility index (Phi) is 3.50. The van der Waals surface area contributed by atoms with Crippen LogP contribution in [0, 0.1) is 4.91 Å². The van der Waals surface area contributed by atoms with E-state index in [2.05, 4.69) is 21.1 Å². The molecule has 12 heavy (non-hydrogen) atoms. The second-order valence-corrected chi connectivity index (χ2v) is 3.43. The van der Waals surface area contributed by atoms with Crippen molar-refractivity contribution in [3.05, 3.63) is 32.6 Å². The molecule has 0 aromatic heterocycles. The highest BCUT2D eigenvalue weighted by atomic mass is 79.9. The molecule has 0 saturated heterocycles. The standard InChI is InChI=1S/C7H4BrCl2NO/c8-3-4-5(9)1-2-6(11-12)7(4)10/h1-2H,3H2. The molecular formula is C7H4BrCl2NO. The summed E-state index contributed by atoms with van der Waals surface area (Å²) in [7, 11) is 0. The first-order valence-electron chi connectivity index (χ1n) is 3.07. The van der Waals surface area contributed by atoms with Gasteiger partial charge in [-0.1, -0.05) is 39.1 Å². The highest BCUT2D eigenvalue weighted by Gasteiger charge is 2.09. The number of hydrogen-bond acceptors (Lipinski definition) is 2. The fraction of sp³-hybridized carbons (Fsp3) is 0.143. The van der Waals surface area contributed by atoms with E-state index in [9.17, 15) is 4.91 Å². The van der Waals surface area contributed by atoms with E-state index in [1.165, 1.54) is 6.07 Å². The van der Waals surface area contributed by atoms with Gasteiger partial charge in [-0.2, -0.15) is 0 Å². The minimum absolute atomic E-state index is 0.218. The predicted octanol–water partition coefficient (Wildman–Crippen LogP) is 4.29. The van der Waals surface area contributed by atoms with Crippen molar-refractivity contribution in [3.8, 4) is 0 Å². The summed E-state index contributed by atoms with van der Waals surface area (Å²) in [4.78, 5) is 10.2. The maximum atomic E-state index is 10.2. The van der Waals surface area contributed by atoms with Gasteiger partial charge in [0.2, 0.25) is 0 Å². The molecule has 5 heteroatoms. The normalized spacial score (nSPS) is 9.92. The van der Waals surface area contributed by atoms with Crippen molar-refractivity contribution in [2.24, 2.45) is 5.18 Å².